The average Bonchev–Trinajstić information content (AvgIpc) is 2.66. The molecule has 2 aromatic carbocycles. The molecule has 3 nitrogen and oxygen atoms in total. The molecule has 0 atom stereocenters. The van der Waals surface area contributed by atoms with Gasteiger partial charge in [-0.1, -0.05) is 28.1 Å². The number of halogens is 1. The van der Waals surface area contributed by atoms with E-state index in [-0.39, 0.29) is 5.69 Å². The summed E-state index contributed by atoms with van der Waals surface area (Å²) in [7, 11) is 0. The van der Waals surface area contributed by atoms with Gasteiger partial charge in [-0.25, -0.2) is 4.79 Å². The van der Waals surface area contributed by atoms with Gasteiger partial charge < -0.3 is 4.98 Å². The first-order chi connectivity index (χ1) is 8.66. The van der Waals surface area contributed by atoms with Crippen LogP contribution in [-0.4, -0.2) is 9.55 Å². The quantitative estimate of drug-likeness (QED) is 0.735. The summed E-state index contributed by atoms with van der Waals surface area (Å²) in [6.07, 6.45) is 0. The van der Waals surface area contributed by atoms with Crippen LogP contribution < -0.4 is 5.69 Å². The summed E-state index contributed by atoms with van der Waals surface area (Å²) in [5, 5.41) is 0. The molecule has 0 saturated heterocycles. The number of aromatic amines is 1. The topological polar surface area (TPSA) is 37.8 Å². The van der Waals surface area contributed by atoms with E-state index in [4.69, 9.17) is 0 Å². The molecule has 3 rings (SSSR count). The zero-order valence-electron chi connectivity index (χ0n) is 9.77. The maximum Gasteiger partial charge on any atom is 0.331 e. The van der Waals surface area contributed by atoms with E-state index >= 15 is 0 Å². The van der Waals surface area contributed by atoms with Gasteiger partial charge in [-0.15, -0.1) is 0 Å². The lowest BCUT2D eigenvalue weighted by Crippen LogP contribution is -2.15. The summed E-state index contributed by atoms with van der Waals surface area (Å²) in [6, 6.07) is 13.6. The first kappa shape index (κ1) is 11.3. The maximum absolute atomic E-state index is 12.1. The number of imidazole rings is 1. The first-order valence-electron chi connectivity index (χ1n) is 5.63. The van der Waals surface area contributed by atoms with Crippen molar-refractivity contribution in [3.8, 4) is 5.69 Å². The average molecular weight is 303 g/mol. The lowest BCUT2D eigenvalue weighted by atomic mass is 10.2. The number of nitrogens with one attached hydrogen (secondary N) is 1. The maximum atomic E-state index is 12.1. The molecular weight excluding hydrogens is 292 g/mol. The van der Waals surface area contributed by atoms with Gasteiger partial charge in [0.05, 0.1) is 16.7 Å². The van der Waals surface area contributed by atoms with Crippen molar-refractivity contribution in [2.75, 3.05) is 0 Å². The molecule has 3 aromatic rings. The monoisotopic (exact) mass is 302 g/mol. The zero-order chi connectivity index (χ0) is 12.7. The van der Waals surface area contributed by atoms with Crippen molar-refractivity contribution >= 4 is 27.0 Å². The number of fused-ring (bicyclic) bond motifs is 1. The summed E-state index contributed by atoms with van der Waals surface area (Å²) in [5.41, 5.74) is 3.59. The molecule has 0 aliphatic carbocycles. The highest BCUT2D eigenvalue weighted by Crippen LogP contribution is 2.21. The Morgan fingerprint density at radius 1 is 1.17 bits per heavy atom. The minimum absolute atomic E-state index is 0.110. The van der Waals surface area contributed by atoms with Crippen molar-refractivity contribution in [3.05, 3.63) is 63.0 Å². The molecule has 0 saturated carbocycles. The summed E-state index contributed by atoms with van der Waals surface area (Å²) in [5.74, 6) is 0. The fourth-order valence-electron chi connectivity index (χ4n) is 2.16. The molecule has 1 N–H and O–H groups in total. The number of H-pyrrole nitrogens is 1. The van der Waals surface area contributed by atoms with E-state index in [0.29, 0.717) is 0 Å². The Bertz CT molecular complexity index is 786. The summed E-state index contributed by atoms with van der Waals surface area (Å²) in [6.45, 7) is 1.99. The van der Waals surface area contributed by atoms with E-state index < -0.39 is 0 Å². The van der Waals surface area contributed by atoms with E-state index in [1.165, 1.54) is 0 Å². The number of nitrogens with zero attached hydrogens (tertiary/aromatic N) is 1. The minimum atomic E-state index is -0.110. The molecular formula is C14H11BrN2O. The number of para-hydroxylation sites is 2. The lowest BCUT2D eigenvalue weighted by Gasteiger charge is -2.07. The van der Waals surface area contributed by atoms with Crippen molar-refractivity contribution in [1.82, 2.24) is 9.55 Å². The van der Waals surface area contributed by atoms with Gasteiger partial charge in [-0.05, 0) is 42.8 Å². The highest BCUT2D eigenvalue weighted by molar-refractivity contribution is 9.10. The number of rotatable bonds is 1. The summed E-state index contributed by atoms with van der Waals surface area (Å²) >= 11 is 3.43. The van der Waals surface area contributed by atoms with E-state index in [1.54, 1.807) is 4.57 Å². The molecule has 0 radical (unpaired) electrons. The van der Waals surface area contributed by atoms with Gasteiger partial charge in [0.2, 0.25) is 0 Å². The van der Waals surface area contributed by atoms with Crippen LogP contribution in [0.5, 0.6) is 0 Å². The molecule has 0 spiro atoms. The molecule has 0 aliphatic rings. The Kier molecular flexibility index (Phi) is 2.59. The Balaban J connectivity index is 2.38. The van der Waals surface area contributed by atoms with Crippen LogP contribution in [-0.2, 0) is 0 Å². The fourth-order valence-corrected chi connectivity index (χ4v) is 2.64. The van der Waals surface area contributed by atoms with Gasteiger partial charge in [0.1, 0.15) is 0 Å². The van der Waals surface area contributed by atoms with Crippen LogP contribution in [0.3, 0.4) is 0 Å². The number of hydrogen-bond acceptors (Lipinski definition) is 1. The van der Waals surface area contributed by atoms with Crippen LogP contribution in [0.2, 0.25) is 0 Å². The molecule has 0 amide bonds. The molecule has 0 fully saturated rings. The molecule has 0 aliphatic heterocycles. The zero-order valence-corrected chi connectivity index (χ0v) is 11.4. The van der Waals surface area contributed by atoms with Crippen LogP contribution in [0.1, 0.15) is 5.56 Å². The second kappa shape index (κ2) is 4.14. The molecule has 18 heavy (non-hydrogen) atoms. The Morgan fingerprint density at radius 3 is 2.72 bits per heavy atom. The third kappa shape index (κ3) is 1.69. The van der Waals surface area contributed by atoms with Crippen molar-refractivity contribution in [3.63, 3.8) is 0 Å². The third-order valence-corrected chi connectivity index (χ3v) is 3.48. The van der Waals surface area contributed by atoms with Crippen molar-refractivity contribution in [2.24, 2.45) is 0 Å². The predicted octanol–water partition coefficient (Wildman–Crippen LogP) is 3.39. The van der Waals surface area contributed by atoms with Gasteiger partial charge in [0, 0.05) is 4.47 Å². The van der Waals surface area contributed by atoms with Crippen molar-refractivity contribution < 1.29 is 0 Å². The van der Waals surface area contributed by atoms with E-state index in [2.05, 4.69) is 20.9 Å². The second-order valence-electron chi connectivity index (χ2n) is 4.21. The standard InChI is InChI=1S/C14H11BrN2O/c1-9-8-10(15)6-7-12(9)17-13-5-3-2-4-11(13)16-14(17)18/h2-8H,1H3,(H,16,18). The van der Waals surface area contributed by atoms with Gasteiger partial charge in [-0.3, -0.25) is 4.57 Å². The molecule has 90 valence electrons. The van der Waals surface area contributed by atoms with Gasteiger partial charge >= 0.3 is 5.69 Å². The van der Waals surface area contributed by atoms with Crippen molar-refractivity contribution in [1.29, 1.82) is 0 Å². The molecule has 1 heterocycles. The largest absolute Gasteiger partial charge is 0.331 e. The smallest absolute Gasteiger partial charge is 0.305 e. The van der Waals surface area contributed by atoms with Gasteiger partial charge in [0.25, 0.3) is 0 Å². The first-order valence-corrected chi connectivity index (χ1v) is 6.42. The number of aromatic nitrogens is 2. The Labute approximate surface area is 112 Å². The Morgan fingerprint density at radius 2 is 1.94 bits per heavy atom. The van der Waals surface area contributed by atoms with Gasteiger partial charge in [-0.2, -0.15) is 0 Å². The molecule has 4 heteroatoms. The predicted molar refractivity (Wildman–Crippen MR) is 76.3 cm³/mol. The van der Waals surface area contributed by atoms with Crippen LogP contribution in [0.15, 0.2) is 51.7 Å². The summed E-state index contributed by atoms with van der Waals surface area (Å²) < 4.78 is 2.72. The van der Waals surface area contributed by atoms with E-state index in [9.17, 15) is 4.79 Å². The number of hydrogen-bond donors (Lipinski definition) is 1. The van der Waals surface area contributed by atoms with Crippen molar-refractivity contribution in [2.45, 2.75) is 6.92 Å². The third-order valence-electron chi connectivity index (χ3n) is 2.99. The second-order valence-corrected chi connectivity index (χ2v) is 5.13. The van der Waals surface area contributed by atoms with E-state index in [0.717, 1.165) is 26.8 Å². The van der Waals surface area contributed by atoms with Crippen LogP contribution in [0.25, 0.3) is 16.7 Å². The van der Waals surface area contributed by atoms with Crippen LogP contribution >= 0.6 is 15.9 Å². The molecule has 0 bridgehead atoms. The molecule has 1 aromatic heterocycles. The number of aryl methyl sites for hydroxylation is 1. The normalized spacial score (nSPS) is 11.0. The fraction of sp³-hybridized carbons (Fsp3) is 0.0714. The highest BCUT2D eigenvalue weighted by Gasteiger charge is 2.09. The number of benzene rings is 2. The van der Waals surface area contributed by atoms with Crippen LogP contribution in [0.4, 0.5) is 0 Å². The van der Waals surface area contributed by atoms with Crippen LogP contribution in [0, 0.1) is 6.92 Å². The molecule has 0 unspecified atom stereocenters. The Hall–Kier alpha value is -1.81. The SMILES string of the molecule is Cc1cc(Br)ccc1-n1c(=O)[nH]c2ccccc21. The minimum Gasteiger partial charge on any atom is -0.305 e. The summed E-state index contributed by atoms with van der Waals surface area (Å²) in [4.78, 5) is 14.9. The highest BCUT2D eigenvalue weighted by atomic mass is 79.9. The van der Waals surface area contributed by atoms with Gasteiger partial charge in [0.15, 0.2) is 0 Å². The lowest BCUT2D eigenvalue weighted by molar-refractivity contribution is 1.00. The van der Waals surface area contributed by atoms with E-state index in [1.807, 2.05) is 49.4 Å².